The summed E-state index contributed by atoms with van der Waals surface area (Å²) >= 11 is 7.44. The molecule has 0 aliphatic rings. The Morgan fingerprint density at radius 3 is 2.87 bits per heavy atom. The molecule has 3 heterocycles. The largest absolute Gasteiger partial charge is 0.444 e. The molecule has 0 saturated heterocycles. The molecule has 1 N–H and O–H groups in total. The molecule has 1 aromatic carbocycles. The first-order valence-corrected chi connectivity index (χ1v) is 8.13. The van der Waals surface area contributed by atoms with Crippen molar-refractivity contribution >= 4 is 34.5 Å². The molecule has 0 bridgehead atoms. The van der Waals surface area contributed by atoms with E-state index in [-0.39, 0.29) is 0 Å². The Labute approximate surface area is 140 Å². The number of nitrogens with zero attached hydrogens (tertiary/aromatic N) is 4. The second kappa shape index (κ2) is 6.02. The average Bonchev–Trinajstić information content (AvgIpc) is 3.23. The number of H-pyrrole nitrogens is 1. The van der Waals surface area contributed by atoms with E-state index in [1.165, 1.54) is 6.33 Å². The van der Waals surface area contributed by atoms with Crippen LogP contribution < -0.4 is 0 Å². The first kappa shape index (κ1) is 14.2. The van der Waals surface area contributed by atoms with Gasteiger partial charge in [-0.3, -0.25) is 0 Å². The van der Waals surface area contributed by atoms with Crippen molar-refractivity contribution in [3.63, 3.8) is 0 Å². The minimum absolute atomic E-state index is 0.576. The number of rotatable bonds is 4. The van der Waals surface area contributed by atoms with Gasteiger partial charge in [0.1, 0.15) is 23.1 Å². The highest BCUT2D eigenvalue weighted by Gasteiger charge is 2.10. The lowest BCUT2D eigenvalue weighted by Gasteiger charge is -1.98. The van der Waals surface area contributed by atoms with Crippen molar-refractivity contribution in [1.82, 2.24) is 24.9 Å². The molecule has 0 spiro atoms. The normalized spacial score (nSPS) is 11.2. The maximum atomic E-state index is 5.89. The van der Waals surface area contributed by atoms with Crippen LogP contribution >= 0.6 is 23.4 Å². The standard InChI is InChI=1S/C15H10ClN5OS/c16-10-3-1-9(2-4-10)14-21-11(5-22-14)6-23-15-12-13(18-7-17-12)19-8-20-15/h1-5,7-8H,6H2,(H,17,18,19,20). The van der Waals surface area contributed by atoms with Gasteiger partial charge in [0, 0.05) is 16.3 Å². The second-order valence-electron chi connectivity index (χ2n) is 4.72. The fourth-order valence-electron chi connectivity index (χ4n) is 2.09. The monoisotopic (exact) mass is 343 g/mol. The van der Waals surface area contributed by atoms with Gasteiger partial charge in [0.05, 0.1) is 12.0 Å². The Morgan fingerprint density at radius 1 is 1.13 bits per heavy atom. The molecule has 4 aromatic rings. The van der Waals surface area contributed by atoms with Crippen molar-refractivity contribution < 1.29 is 4.42 Å². The number of fused-ring (bicyclic) bond motifs is 1. The van der Waals surface area contributed by atoms with Crippen molar-refractivity contribution in [1.29, 1.82) is 0 Å². The van der Waals surface area contributed by atoms with Crippen LogP contribution in [0, 0.1) is 0 Å². The summed E-state index contributed by atoms with van der Waals surface area (Å²) in [5.41, 5.74) is 3.22. The summed E-state index contributed by atoms with van der Waals surface area (Å²) in [7, 11) is 0. The van der Waals surface area contributed by atoms with Gasteiger partial charge in [0.2, 0.25) is 5.89 Å². The van der Waals surface area contributed by atoms with E-state index in [1.54, 1.807) is 24.4 Å². The van der Waals surface area contributed by atoms with Crippen LogP contribution in [0.3, 0.4) is 0 Å². The van der Waals surface area contributed by atoms with Crippen LogP contribution in [-0.4, -0.2) is 24.9 Å². The molecule has 0 radical (unpaired) electrons. The average molecular weight is 344 g/mol. The number of thioether (sulfide) groups is 1. The van der Waals surface area contributed by atoms with Gasteiger partial charge in [0.25, 0.3) is 0 Å². The highest BCUT2D eigenvalue weighted by Crippen LogP contribution is 2.27. The smallest absolute Gasteiger partial charge is 0.226 e. The van der Waals surface area contributed by atoms with E-state index in [0.29, 0.717) is 22.3 Å². The summed E-state index contributed by atoms with van der Waals surface area (Å²) in [4.78, 5) is 20.0. The Bertz CT molecular complexity index is 950. The predicted octanol–water partition coefficient (Wildman–Crippen LogP) is 3.95. The third kappa shape index (κ3) is 2.93. The summed E-state index contributed by atoms with van der Waals surface area (Å²) in [6.45, 7) is 0. The first-order valence-electron chi connectivity index (χ1n) is 6.77. The molecule has 3 aromatic heterocycles. The van der Waals surface area contributed by atoms with Gasteiger partial charge < -0.3 is 9.40 Å². The van der Waals surface area contributed by atoms with Crippen LogP contribution in [0.5, 0.6) is 0 Å². The van der Waals surface area contributed by atoms with Gasteiger partial charge in [0.15, 0.2) is 5.65 Å². The van der Waals surface area contributed by atoms with Crippen molar-refractivity contribution in [3.8, 4) is 11.5 Å². The van der Waals surface area contributed by atoms with Crippen LogP contribution in [0.2, 0.25) is 5.02 Å². The summed E-state index contributed by atoms with van der Waals surface area (Å²) < 4.78 is 5.53. The van der Waals surface area contributed by atoms with E-state index < -0.39 is 0 Å². The second-order valence-corrected chi connectivity index (χ2v) is 6.12. The highest BCUT2D eigenvalue weighted by atomic mass is 35.5. The Balaban J connectivity index is 1.52. The summed E-state index contributed by atoms with van der Waals surface area (Å²) in [6, 6.07) is 7.38. The van der Waals surface area contributed by atoms with Gasteiger partial charge in [-0.1, -0.05) is 23.4 Å². The molecular formula is C15H10ClN5OS. The maximum absolute atomic E-state index is 5.89. The maximum Gasteiger partial charge on any atom is 0.226 e. The molecular weight excluding hydrogens is 334 g/mol. The number of aromatic nitrogens is 5. The zero-order valence-electron chi connectivity index (χ0n) is 11.7. The predicted molar refractivity (Wildman–Crippen MR) is 88.2 cm³/mol. The van der Waals surface area contributed by atoms with Crippen LogP contribution in [0.15, 0.2) is 52.6 Å². The molecule has 0 aliphatic carbocycles. The summed E-state index contributed by atoms with van der Waals surface area (Å²) in [5, 5.41) is 1.52. The van der Waals surface area contributed by atoms with Gasteiger partial charge in [-0.05, 0) is 24.3 Å². The minimum atomic E-state index is 0.576. The molecule has 0 unspecified atom stereocenters. The topological polar surface area (TPSA) is 80.5 Å². The highest BCUT2D eigenvalue weighted by molar-refractivity contribution is 7.98. The molecule has 0 saturated carbocycles. The van der Waals surface area contributed by atoms with Crippen LogP contribution in [0.4, 0.5) is 0 Å². The third-order valence-corrected chi connectivity index (χ3v) is 4.46. The van der Waals surface area contributed by atoms with E-state index in [0.717, 1.165) is 21.8 Å². The van der Waals surface area contributed by atoms with Gasteiger partial charge in [-0.2, -0.15) is 0 Å². The zero-order chi connectivity index (χ0) is 15.6. The molecule has 23 heavy (non-hydrogen) atoms. The van der Waals surface area contributed by atoms with Crippen LogP contribution in [0.1, 0.15) is 5.69 Å². The van der Waals surface area contributed by atoms with Crippen molar-refractivity contribution in [3.05, 3.63) is 53.9 Å². The van der Waals surface area contributed by atoms with Gasteiger partial charge >= 0.3 is 0 Å². The Hall–Kier alpha value is -2.38. The lowest BCUT2D eigenvalue weighted by molar-refractivity contribution is 0.573. The molecule has 8 heteroatoms. The number of benzene rings is 1. The number of oxazole rings is 1. The fourth-order valence-corrected chi connectivity index (χ4v) is 3.05. The van der Waals surface area contributed by atoms with E-state index in [9.17, 15) is 0 Å². The van der Waals surface area contributed by atoms with Gasteiger partial charge in [-0.15, -0.1) is 0 Å². The van der Waals surface area contributed by atoms with E-state index >= 15 is 0 Å². The van der Waals surface area contributed by atoms with Crippen molar-refractivity contribution in [2.45, 2.75) is 10.8 Å². The third-order valence-electron chi connectivity index (χ3n) is 3.19. The lowest BCUT2D eigenvalue weighted by atomic mass is 10.2. The number of imidazole rings is 1. The lowest BCUT2D eigenvalue weighted by Crippen LogP contribution is -1.88. The van der Waals surface area contributed by atoms with Crippen molar-refractivity contribution in [2.75, 3.05) is 0 Å². The fraction of sp³-hybridized carbons (Fsp3) is 0.0667. The quantitative estimate of drug-likeness (QED) is 0.446. The first-order chi connectivity index (χ1) is 11.3. The number of hydrogen-bond donors (Lipinski definition) is 1. The molecule has 0 atom stereocenters. The molecule has 6 nitrogen and oxygen atoms in total. The van der Waals surface area contributed by atoms with E-state index in [1.807, 2.05) is 24.3 Å². The number of hydrogen-bond acceptors (Lipinski definition) is 6. The summed E-state index contributed by atoms with van der Waals surface area (Å²) in [5.74, 6) is 1.22. The molecule has 114 valence electrons. The molecule has 0 fully saturated rings. The van der Waals surface area contributed by atoms with Gasteiger partial charge in [-0.25, -0.2) is 19.9 Å². The Morgan fingerprint density at radius 2 is 2.00 bits per heavy atom. The minimum Gasteiger partial charge on any atom is -0.444 e. The molecule has 0 amide bonds. The van der Waals surface area contributed by atoms with E-state index in [2.05, 4.69) is 24.9 Å². The molecule has 4 rings (SSSR count). The van der Waals surface area contributed by atoms with E-state index in [4.69, 9.17) is 16.0 Å². The molecule has 0 aliphatic heterocycles. The van der Waals surface area contributed by atoms with Crippen LogP contribution in [-0.2, 0) is 5.75 Å². The zero-order valence-corrected chi connectivity index (χ0v) is 13.3. The Kier molecular flexibility index (Phi) is 3.72. The number of nitrogens with one attached hydrogen (secondary N) is 1. The SMILES string of the molecule is Clc1ccc(-c2nc(CSc3ncnc4nc[nH]c34)co2)cc1. The van der Waals surface area contributed by atoms with Crippen molar-refractivity contribution in [2.24, 2.45) is 0 Å². The van der Waals surface area contributed by atoms with Crippen LogP contribution in [0.25, 0.3) is 22.6 Å². The number of halogens is 1. The summed E-state index contributed by atoms with van der Waals surface area (Å²) in [6.07, 6.45) is 4.77. The number of aromatic amines is 1.